The molecule has 4 bridgehead atoms. The van der Waals surface area contributed by atoms with Crippen LogP contribution in [0.2, 0.25) is 0 Å². The van der Waals surface area contributed by atoms with E-state index >= 15 is 0 Å². The molecule has 4 heteroatoms. The first-order chi connectivity index (χ1) is 26.2. The van der Waals surface area contributed by atoms with Crippen molar-refractivity contribution in [2.75, 3.05) is 0 Å². The van der Waals surface area contributed by atoms with Crippen molar-refractivity contribution in [1.82, 2.24) is 15.0 Å². The van der Waals surface area contributed by atoms with Crippen molar-refractivity contribution in [3.63, 3.8) is 0 Å². The standard InChI is InChI=1S/C50H52N4/c1-32-21-37-22-33(2)26-49(25-32,29-37)44-17-13-42(14-18-44)47-52-46(41-11-9-40(10-12-41)39-7-5-36(31-51)6-8-39)53-48(54-47)43-15-19-45(20-16-43)50-27-34(3)23-38(30-50)24-35(4)28-50/h5-20,33-35,37-38H,1,21-30H2,2-4H3/t33-,34-,35+,37+,38?,49?,50?/m0/s1. The van der Waals surface area contributed by atoms with Crippen LogP contribution in [0.5, 0.6) is 0 Å². The van der Waals surface area contributed by atoms with Crippen LogP contribution >= 0.6 is 0 Å². The van der Waals surface area contributed by atoms with E-state index in [1.807, 2.05) is 24.3 Å². The van der Waals surface area contributed by atoms with Crippen molar-refractivity contribution in [2.45, 2.75) is 95.8 Å². The van der Waals surface area contributed by atoms with Gasteiger partial charge in [-0.05, 0) is 139 Å². The minimum Gasteiger partial charge on any atom is -0.208 e. The van der Waals surface area contributed by atoms with Gasteiger partial charge < -0.3 is 0 Å². The van der Waals surface area contributed by atoms with Gasteiger partial charge in [0.15, 0.2) is 17.5 Å². The van der Waals surface area contributed by atoms with Crippen molar-refractivity contribution < 1.29 is 0 Å². The van der Waals surface area contributed by atoms with E-state index in [4.69, 9.17) is 15.0 Å². The van der Waals surface area contributed by atoms with Crippen LogP contribution < -0.4 is 0 Å². The summed E-state index contributed by atoms with van der Waals surface area (Å²) in [5.41, 5.74) is 10.6. The van der Waals surface area contributed by atoms with Gasteiger partial charge in [-0.2, -0.15) is 5.26 Å². The van der Waals surface area contributed by atoms with Gasteiger partial charge in [0, 0.05) is 16.7 Å². The van der Waals surface area contributed by atoms with Gasteiger partial charge in [-0.25, -0.2) is 15.0 Å². The molecule has 9 rings (SSSR count). The van der Waals surface area contributed by atoms with Gasteiger partial charge in [-0.3, -0.25) is 0 Å². The predicted octanol–water partition coefficient (Wildman–Crippen LogP) is 12.5. The molecule has 3 unspecified atom stereocenters. The van der Waals surface area contributed by atoms with Crippen LogP contribution in [0.1, 0.15) is 102 Å². The summed E-state index contributed by atoms with van der Waals surface area (Å²) in [6.07, 6.45) is 12.8. The quantitative estimate of drug-likeness (QED) is 0.165. The normalized spacial score (nSPS) is 29.0. The summed E-state index contributed by atoms with van der Waals surface area (Å²) >= 11 is 0. The summed E-state index contributed by atoms with van der Waals surface area (Å²) in [6.45, 7) is 11.8. The van der Waals surface area contributed by atoms with E-state index in [0.717, 1.165) is 63.8 Å². The number of rotatable bonds is 6. The van der Waals surface area contributed by atoms with Crippen molar-refractivity contribution in [3.05, 3.63) is 126 Å². The number of fused-ring (bicyclic) bond motifs is 4. The molecule has 4 fully saturated rings. The lowest BCUT2D eigenvalue weighted by Gasteiger charge is -2.50. The molecule has 7 atom stereocenters. The minimum absolute atomic E-state index is 0.190. The monoisotopic (exact) mass is 708 g/mol. The zero-order chi connectivity index (χ0) is 37.0. The fraction of sp³-hybridized carbons (Fsp3) is 0.400. The molecule has 1 aromatic heterocycles. The number of hydrogen-bond donors (Lipinski definition) is 0. The predicted molar refractivity (Wildman–Crippen MR) is 219 cm³/mol. The molecule has 0 saturated heterocycles. The maximum Gasteiger partial charge on any atom is 0.164 e. The topological polar surface area (TPSA) is 62.5 Å². The Morgan fingerprint density at radius 3 is 1.41 bits per heavy atom. The van der Waals surface area contributed by atoms with Crippen LogP contribution in [0.3, 0.4) is 0 Å². The Hall–Kier alpha value is -4.88. The van der Waals surface area contributed by atoms with Crippen LogP contribution in [0, 0.1) is 40.9 Å². The Balaban J connectivity index is 1.08. The molecule has 0 aliphatic heterocycles. The van der Waals surface area contributed by atoms with E-state index in [0.29, 0.717) is 23.0 Å². The van der Waals surface area contributed by atoms with Crippen molar-refractivity contribution >= 4 is 0 Å². The summed E-state index contributed by atoms with van der Waals surface area (Å²) < 4.78 is 0. The average Bonchev–Trinajstić information content (AvgIpc) is 3.17. The smallest absolute Gasteiger partial charge is 0.164 e. The second-order valence-corrected chi connectivity index (χ2v) is 18.2. The van der Waals surface area contributed by atoms with E-state index in [9.17, 15) is 5.26 Å². The highest BCUT2D eigenvalue weighted by atomic mass is 15.0. The third kappa shape index (κ3) is 6.61. The van der Waals surface area contributed by atoms with Crippen molar-refractivity contribution in [1.29, 1.82) is 5.26 Å². The lowest BCUT2D eigenvalue weighted by Crippen LogP contribution is -2.42. The molecule has 4 aliphatic rings. The molecular formula is C50H52N4. The summed E-state index contributed by atoms with van der Waals surface area (Å²) in [4.78, 5) is 15.4. The van der Waals surface area contributed by atoms with E-state index in [-0.39, 0.29) is 10.8 Å². The number of hydrogen-bond acceptors (Lipinski definition) is 4. The Kier molecular flexibility index (Phi) is 8.88. The van der Waals surface area contributed by atoms with Crippen molar-refractivity contribution in [2.24, 2.45) is 29.6 Å². The molecule has 0 spiro atoms. The largest absolute Gasteiger partial charge is 0.208 e. The maximum atomic E-state index is 9.25. The van der Waals surface area contributed by atoms with Gasteiger partial charge in [-0.1, -0.05) is 118 Å². The van der Waals surface area contributed by atoms with Gasteiger partial charge >= 0.3 is 0 Å². The van der Waals surface area contributed by atoms with Crippen LogP contribution in [-0.4, -0.2) is 15.0 Å². The lowest BCUT2D eigenvalue weighted by molar-refractivity contribution is 0.0780. The Labute approximate surface area is 321 Å². The van der Waals surface area contributed by atoms with Gasteiger partial charge in [0.05, 0.1) is 11.6 Å². The lowest BCUT2D eigenvalue weighted by atomic mass is 9.54. The molecule has 0 radical (unpaired) electrons. The van der Waals surface area contributed by atoms with E-state index in [1.54, 1.807) is 0 Å². The van der Waals surface area contributed by atoms with Gasteiger partial charge in [0.2, 0.25) is 0 Å². The molecule has 0 amide bonds. The van der Waals surface area contributed by atoms with Crippen molar-refractivity contribution in [3.8, 4) is 51.4 Å². The summed E-state index contributed by atoms with van der Waals surface area (Å²) in [7, 11) is 0. The number of benzene rings is 4. The molecule has 4 aromatic carbocycles. The molecular weight excluding hydrogens is 657 g/mol. The highest BCUT2D eigenvalue weighted by Gasteiger charge is 2.46. The summed E-state index contributed by atoms with van der Waals surface area (Å²) in [6, 6.07) is 36.8. The SMILES string of the molecule is C=C1C[C@@H]2C[C@H](C)CC(c3ccc(-c4nc(-c5ccc(-c6ccc(C#N)cc6)cc5)nc(-c5ccc(C67CC(C[C@@H](C)C6)C[C@H](C)C7)cc5)n4)cc3)(C1)C2. The van der Waals surface area contributed by atoms with E-state index in [2.05, 4.69) is 106 Å². The molecule has 4 saturated carbocycles. The third-order valence-corrected chi connectivity index (χ3v) is 13.6. The first-order valence-corrected chi connectivity index (χ1v) is 20.4. The van der Waals surface area contributed by atoms with Gasteiger partial charge in [0.1, 0.15) is 0 Å². The average molecular weight is 709 g/mol. The highest BCUT2D eigenvalue weighted by molar-refractivity contribution is 5.71. The third-order valence-electron chi connectivity index (χ3n) is 13.6. The number of allylic oxidation sites excluding steroid dienone is 1. The van der Waals surface area contributed by atoms with Gasteiger partial charge in [-0.15, -0.1) is 0 Å². The Bertz CT molecular complexity index is 2190. The highest BCUT2D eigenvalue weighted by Crippen LogP contribution is 2.55. The van der Waals surface area contributed by atoms with Crippen LogP contribution in [0.25, 0.3) is 45.3 Å². The Morgan fingerprint density at radius 2 is 0.907 bits per heavy atom. The number of aromatic nitrogens is 3. The maximum absolute atomic E-state index is 9.25. The molecule has 1 heterocycles. The summed E-state index contributed by atoms with van der Waals surface area (Å²) in [5, 5.41) is 9.25. The number of nitrogens with zero attached hydrogens (tertiary/aromatic N) is 4. The first-order valence-electron chi connectivity index (χ1n) is 20.4. The molecule has 4 nitrogen and oxygen atoms in total. The number of nitriles is 1. The fourth-order valence-electron chi connectivity index (χ4n) is 12.0. The molecule has 5 aromatic rings. The van der Waals surface area contributed by atoms with Gasteiger partial charge in [0.25, 0.3) is 0 Å². The van der Waals surface area contributed by atoms with Crippen LogP contribution in [0.15, 0.2) is 109 Å². The first kappa shape index (κ1) is 34.9. The Morgan fingerprint density at radius 1 is 0.519 bits per heavy atom. The molecule has 0 N–H and O–H groups in total. The van der Waals surface area contributed by atoms with E-state index in [1.165, 1.54) is 74.5 Å². The zero-order valence-electron chi connectivity index (χ0n) is 32.2. The fourth-order valence-corrected chi connectivity index (χ4v) is 12.0. The second-order valence-electron chi connectivity index (χ2n) is 18.2. The molecule has 272 valence electrons. The van der Waals surface area contributed by atoms with Crippen LogP contribution in [0.4, 0.5) is 0 Å². The molecule has 4 aliphatic carbocycles. The second kappa shape index (κ2) is 13.8. The zero-order valence-corrected chi connectivity index (χ0v) is 32.2. The minimum atomic E-state index is 0.190. The van der Waals surface area contributed by atoms with Crippen LogP contribution in [-0.2, 0) is 10.8 Å². The van der Waals surface area contributed by atoms with E-state index < -0.39 is 0 Å². The molecule has 54 heavy (non-hydrogen) atoms. The summed E-state index contributed by atoms with van der Waals surface area (Å²) in [5.74, 6) is 5.97.